The Labute approximate surface area is 102 Å². The lowest BCUT2D eigenvalue weighted by atomic mass is 10.1. The quantitative estimate of drug-likeness (QED) is 0.466. The van der Waals surface area contributed by atoms with Crippen LogP contribution in [0.1, 0.15) is 36.5 Å². The van der Waals surface area contributed by atoms with Crippen molar-refractivity contribution < 1.29 is 14.6 Å². The van der Waals surface area contributed by atoms with E-state index < -0.39 is 0 Å². The first-order chi connectivity index (χ1) is 8.19. The van der Waals surface area contributed by atoms with Crippen molar-refractivity contribution in [3.8, 4) is 11.5 Å². The molecule has 0 amide bonds. The van der Waals surface area contributed by atoms with Crippen LogP contribution in [-0.4, -0.2) is 18.0 Å². The highest BCUT2D eigenvalue weighted by atomic mass is 16.5. The average molecular weight is 234 g/mol. The Morgan fingerprint density at radius 3 is 2.88 bits per heavy atom. The molecule has 0 aliphatic rings. The number of unbranched alkanes of at least 4 members (excludes halogenated alkanes) is 2. The maximum absolute atomic E-state index is 11.8. The second-order valence-corrected chi connectivity index (χ2v) is 3.80. The summed E-state index contributed by atoms with van der Waals surface area (Å²) in [5.41, 5.74) is 0.521. The average Bonchev–Trinajstić information content (AvgIpc) is 2.35. The molecule has 0 fully saturated rings. The third-order valence-electron chi connectivity index (χ3n) is 2.46. The molecule has 0 saturated carbocycles. The molecular weight excluding hydrogens is 216 g/mol. The monoisotopic (exact) mass is 234 g/mol. The van der Waals surface area contributed by atoms with E-state index in [1.54, 1.807) is 18.2 Å². The summed E-state index contributed by atoms with van der Waals surface area (Å²) in [6.07, 6.45) is 6.57. The van der Waals surface area contributed by atoms with Crippen molar-refractivity contribution in [1.82, 2.24) is 0 Å². The van der Waals surface area contributed by atoms with Crippen LogP contribution in [0, 0.1) is 0 Å². The number of ketones is 1. The SMILES string of the molecule is CCCC/C=C/C(=O)c1ccc(O)c(OC)c1. The number of ether oxygens (including phenoxy) is 1. The maximum atomic E-state index is 11.8. The highest BCUT2D eigenvalue weighted by Gasteiger charge is 2.06. The maximum Gasteiger partial charge on any atom is 0.185 e. The topological polar surface area (TPSA) is 46.5 Å². The van der Waals surface area contributed by atoms with Gasteiger partial charge in [0.25, 0.3) is 0 Å². The van der Waals surface area contributed by atoms with Gasteiger partial charge in [0.15, 0.2) is 17.3 Å². The van der Waals surface area contributed by atoms with E-state index in [1.165, 1.54) is 13.2 Å². The highest BCUT2D eigenvalue weighted by Crippen LogP contribution is 2.26. The molecule has 0 aliphatic carbocycles. The van der Waals surface area contributed by atoms with Crippen LogP contribution in [0.5, 0.6) is 11.5 Å². The lowest BCUT2D eigenvalue weighted by molar-refractivity contribution is 0.104. The Morgan fingerprint density at radius 1 is 1.47 bits per heavy atom. The largest absolute Gasteiger partial charge is 0.504 e. The molecular formula is C14H18O3. The molecule has 17 heavy (non-hydrogen) atoms. The first-order valence-corrected chi connectivity index (χ1v) is 5.77. The number of benzene rings is 1. The Morgan fingerprint density at radius 2 is 2.24 bits per heavy atom. The normalized spacial score (nSPS) is 10.7. The van der Waals surface area contributed by atoms with Crippen LogP contribution in [0.4, 0.5) is 0 Å². The van der Waals surface area contributed by atoms with Crippen LogP contribution in [0.15, 0.2) is 30.4 Å². The second-order valence-electron chi connectivity index (χ2n) is 3.80. The summed E-state index contributed by atoms with van der Waals surface area (Å²) in [6.45, 7) is 2.11. The zero-order valence-corrected chi connectivity index (χ0v) is 10.3. The number of methoxy groups -OCH3 is 1. The Bertz CT molecular complexity index is 408. The van der Waals surface area contributed by atoms with Crippen LogP contribution < -0.4 is 4.74 Å². The van der Waals surface area contributed by atoms with E-state index in [4.69, 9.17) is 4.74 Å². The van der Waals surface area contributed by atoms with Crippen molar-refractivity contribution in [3.05, 3.63) is 35.9 Å². The van der Waals surface area contributed by atoms with Gasteiger partial charge < -0.3 is 9.84 Å². The van der Waals surface area contributed by atoms with Crippen LogP contribution in [0.3, 0.4) is 0 Å². The van der Waals surface area contributed by atoms with E-state index in [1.807, 2.05) is 6.08 Å². The van der Waals surface area contributed by atoms with Crippen molar-refractivity contribution in [2.24, 2.45) is 0 Å². The van der Waals surface area contributed by atoms with Gasteiger partial charge in [-0.3, -0.25) is 4.79 Å². The van der Waals surface area contributed by atoms with Crippen LogP contribution in [0.2, 0.25) is 0 Å². The fraction of sp³-hybridized carbons (Fsp3) is 0.357. The molecule has 0 radical (unpaired) electrons. The van der Waals surface area contributed by atoms with Crippen molar-refractivity contribution in [1.29, 1.82) is 0 Å². The minimum absolute atomic E-state index is 0.0408. The predicted octanol–water partition coefficient (Wildman–Crippen LogP) is 3.33. The fourth-order valence-electron chi connectivity index (χ4n) is 1.44. The number of carbonyl (C=O) groups excluding carboxylic acids is 1. The number of allylic oxidation sites excluding steroid dienone is 2. The third kappa shape index (κ3) is 3.94. The van der Waals surface area contributed by atoms with Crippen LogP contribution in [-0.2, 0) is 0 Å². The molecule has 3 heteroatoms. The van der Waals surface area contributed by atoms with Crippen LogP contribution in [0.25, 0.3) is 0 Å². The van der Waals surface area contributed by atoms with Gasteiger partial charge in [-0.1, -0.05) is 25.8 Å². The van der Waals surface area contributed by atoms with Gasteiger partial charge >= 0.3 is 0 Å². The van der Waals surface area contributed by atoms with Crippen LogP contribution >= 0.6 is 0 Å². The summed E-state index contributed by atoms with van der Waals surface area (Å²) in [4.78, 5) is 11.8. The number of rotatable bonds is 6. The first-order valence-electron chi connectivity index (χ1n) is 5.77. The molecule has 0 aliphatic heterocycles. The lowest BCUT2D eigenvalue weighted by Gasteiger charge is -2.04. The number of carbonyl (C=O) groups is 1. The number of hydrogen-bond donors (Lipinski definition) is 1. The van der Waals surface area contributed by atoms with Crippen molar-refractivity contribution >= 4 is 5.78 Å². The Hall–Kier alpha value is -1.77. The Balaban J connectivity index is 2.72. The molecule has 0 atom stereocenters. The fourth-order valence-corrected chi connectivity index (χ4v) is 1.44. The predicted molar refractivity (Wildman–Crippen MR) is 67.7 cm³/mol. The van der Waals surface area contributed by atoms with Gasteiger partial charge in [-0.15, -0.1) is 0 Å². The van der Waals surface area contributed by atoms with E-state index in [-0.39, 0.29) is 11.5 Å². The molecule has 0 unspecified atom stereocenters. The zero-order valence-electron chi connectivity index (χ0n) is 10.3. The summed E-state index contributed by atoms with van der Waals surface area (Å²) in [6, 6.07) is 4.60. The van der Waals surface area contributed by atoms with E-state index >= 15 is 0 Å². The smallest absolute Gasteiger partial charge is 0.185 e. The van der Waals surface area contributed by atoms with Crippen molar-refractivity contribution in [3.63, 3.8) is 0 Å². The summed E-state index contributed by atoms with van der Waals surface area (Å²) < 4.78 is 4.95. The number of hydrogen-bond acceptors (Lipinski definition) is 3. The molecule has 1 N–H and O–H groups in total. The highest BCUT2D eigenvalue weighted by molar-refractivity contribution is 6.04. The van der Waals surface area contributed by atoms with E-state index in [0.29, 0.717) is 11.3 Å². The molecule has 3 nitrogen and oxygen atoms in total. The van der Waals surface area contributed by atoms with Gasteiger partial charge in [0.1, 0.15) is 0 Å². The minimum atomic E-state index is -0.0700. The Kier molecular flexibility index (Phi) is 5.27. The van der Waals surface area contributed by atoms with Gasteiger partial charge in [-0.05, 0) is 30.7 Å². The molecule has 0 bridgehead atoms. The van der Waals surface area contributed by atoms with Gasteiger partial charge in [-0.2, -0.15) is 0 Å². The van der Waals surface area contributed by atoms with E-state index in [2.05, 4.69) is 6.92 Å². The summed E-state index contributed by atoms with van der Waals surface area (Å²) in [5.74, 6) is 0.288. The summed E-state index contributed by atoms with van der Waals surface area (Å²) in [5, 5.41) is 9.41. The molecule has 0 aromatic heterocycles. The molecule has 0 heterocycles. The molecule has 1 rings (SSSR count). The van der Waals surface area contributed by atoms with E-state index in [9.17, 15) is 9.90 Å². The standard InChI is InChI=1S/C14H18O3/c1-3-4-5-6-7-12(15)11-8-9-13(16)14(10-11)17-2/h6-10,16H,3-5H2,1-2H3/b7-6+. The zero-order chi connectivity index (χ0) is 12.7. The minimum Gasteiger partial charge on any atom is -0.504 e. The number of phenolic OH excluding ortho intramolecular Hbond substituents is 1. The molecule has 1 aromatic carbocycles. The third-order valence-corrected chi connectivity index (χ3v) is 2.46. The van der Waals surface area contributed by atoms with Crippen molar-refractivity contribution in [2.45, 2.75) is 26.2 Å². The van der Waals surface area contributed by atoms with Gasteiger partial charge in [0.05, 0.1) is 7.11 Å². The van der Waals surface area contributed by atoms with Gasteiger partial charge in [0, 0.05) is 5.56 Å². The molecule has 0 spiro atoms. The lowest BCUT2D eigenvalue weighted by Crippen LogP contribution is -1.95. The molecule has 0 saturated heterocycles. The first kappa shape index (κ1) is 13.3. The number of phenols is 1. The van der Waals surface area contributed by atoms with Gasteiger partial charge in [-0.25, -0.2) is 0 Å². The summed E-state index contributed by atoms with van der Waals surface area (Å²) in [7, 11) is 1.46. The number of aromatic hydroxyl groups is 1. The van der Waals surface area contributed by atoms with Gasteiger partial charge in [0.2, 0.25) is 0 Å². The van der Waals surface area contributed by atoms with E-state index in [0.717, 1.165) is 19.3 Å². The summed E-state index contributed by atoms with van der Waals surface area (Å²) >= 11 is 0. The van der Waals surface area contributed by atoms with Crippen molar-refractivity contribution in [2.75, 3.05) is 7.11 Å². The molecule has 92 valence electrons. The molecule has 1 aromatic rings. The second kappa shape index (κ2) is 6.74.